The molecule has 4 aromatic rings. The minimum absolute atomic E-state index is 0.214. The zero-order valence-electron chi connectivity index (χ0n) is 16.2. The third-order valence-electron chi connectivity index (χ3n) is 4.45. The standard InChI is InChI=1S/C22H19FN4O3/c1-29-18-8-9-20-19(11-18)22(26-27(20)13-15-4-6-16(23)7-5-15)30-14-21(28)25-17-3-2-10-24-12-17/h2-12H,13-14H2,1H3,(H,25,28). The number of amides is 1. The molecule has 0 bridgehead atoms. The number of rotatable bonds is 7. The first kappa shape index (κ1) is 19.4. The minimum atomic E-state index is -0.327. The van der Waals surface area contributed by atoms with Crippen LogP contribution in [0, 0.1) is 5.82 Å². The number of ether oxygens (including phenoxy) is 2. The Morgan fingerprint density at radius 1 is 1.17 bits per heavy atom. The predicted molar refractivity (Wildman–Crippen MR) is 110 cm³/mol. The van der Waals surface area contributed by atoms with Gasteiger partial charge in [0.1, 0.15) is 11.6 Å². The van der Waals surface area contributed by atoms with E-state index in [1.54, 1.807) is 54.5 Å². The van der Waals surface area contributed by atoms with Crippen LogP contribution in [0.2, 0.25) is 0 Å². The molecule has 0 spiro atoms. The van der Waals surface area contributed by atoms with E-state index in [9.17, 15) is 9.18 Å². The third-order valence-corrected chi connectivity index (χ3v) is 4.45. The molecule has 152 valence electrons. The molecule has 7 nitrogen and oxygen atoms in total. The summed E-state index contributed by atoms with van der Waals surface area (Å²) in [5.41, 5.74) is 2.28. The number of anilines is 1. The average molecular weight is 406 g/mol. The summed E-state index contributed by atoms with van der Waals surface area (Å²) < 4.78 is 26.0. The molecule has 0 radical (unpaired) electrons. The van der Waals surface area contributed by atoms with Crippen molar-refractivity contribution in [2.75, 3.05) is 19.0 Å². The molecule has 1 amide bonds. The molecule has 0 fully saturated rings. The second-order valence-corrected chi connectivity index (χ2v) is 6.55. The van der Waals surface area contributed by atoms with Gasteiger partial charge in [0.2, 0.25) is 5.88 Å². The number of aromatic nitrogens is 3. The van der Waals surface area contributed by atoms with Crippen molar-refractivity contribution in [3.63, 3.8) is 0 Å². The lowest BCUT2D eigenvalue weighted by molar-refractivity contribution is -0.118. The van der Waals surface area contributed by atoms with Crippen LogP contribution >= 0.6 is 0 Å². The van der Waals surface area contributed by atoms with Gasteiger partial charge in [-0.2, -0.15) is 0 Å². The first-order valence-electron chi connectivity index (χ1n) is 9.24. The van der Waals surface area contributed by atoms with E-state index >= 15 is 0 Å². The number of carbonyl (C=O) groups excluding carboxylic acids is 1. The molecule has 2 heterocycles. The summed E-state index contributed by atoms with van der Waals surface area (Å²) in [5.74, 6) is 0.338. The Labute approximate surface area is 172 Å². The number of carbonyl (C=O) groups is 1. The van der Waals surface area contributed by atoms with Crippen molar-refractivity contribution in [3.05, 3.63) is 78.4 Å². The molecule has 0 aliphatic heterocycles. The molecule has 0 unspecified atom stereocenters. The van der Waals surface area contributed by atoms with Crippen LogP contribution in [0.5, 0.6) is 11.6 Å². The Kier molecular flexibility index (Phi) is 5.56. The Balaban J connectivity index is 1.56. The first-order chi connectivity index (χ1) is 14.6. The number of halogens is 1. The van der Waals surface area contributed by atoms with Crippen LogP contribution in [0.1, 0.15) is 5.56 Å². The van der Waals surface area contributed by atoms with Crippen LogP contribution in [-0.4, -0.2) is 34.4 Å². The zero-order valence-corrected chi connectivity index (χ0v) is 16.2. The van der Waals surface area contributed by atoms with Crippen LogP contribution in [0.4, 0.5) is 10.1 Å². The van der Waals surface area contributed by atoms with Gasteiger partial charge in [-0.25, -0.2) is 4.39 Å². The van der Waals surface area contributed by atoms with Gasteiger partial charge in [-0.3, -0.25) is 14.5 Å². The van der Waals surface area contributed by atoms with E-state index in [0.29, 0.717) is 29.2 Å². The van der Waals surface area contributed by atoms with Gasteiger partial charge in [-0.05, 0) is 48.0 Å². The SMILES string of the molecule is COc1ccc2c(c1)c(OCC(=O)Nc1cccnc1)nn2Cc1ccc(F)cc1. The van der Waals surface area contributed by atoms with Crippen LogP contribution < -0.4 is 14.8 Å². The van der Waals surface area contributed by atoms with Gasteiger partial charge in [0, 0.05) is 6.20 Å². The monoisotopic (exact) mass is 406 g/mol. The largest absolute Gasteiger partial charge is 0.497 e. The number of methoxy groups -OCH3 is 1. The van der Waals surface area contributed by atoms with Crippen molar-refractivity contribution in [2.24, 2.45) is 0 Å². The average Bonchev–Trinajstić information content (AvgIpc) is 3.11. The van der Waals surface area contributed by atoms with Crippen molar-refractivity contribution in [1.82, 2.24) is 14.8 Å². The topological polar surface area (TPSA) is 78.3 Å². The fourth-order valence-corrected chi connectivity index (χ4v) is 3.01. The van der Waals surface area contributed by atoms with Crippen molar-refractivity contribution in [3.8, 4) is 11.6 Å². The summed E-state index contributed by atoms with van der Waals surface area (Å²) in [7, 11) is 1.58. The van der Waals surface area contributed by atoms with Crippen LogP contribution in [-0.2, 0) is 11.3 Å². The van der Waals surface area contributed by atoms with Gasteiger partial charge < -0.3 is 14.8 Å². The highest BCUT2D eigenvalue weighted by Crippen LogP contribution is 2.29. The van der Waals surface area contributed by atoms with Crippen molar-refractivity contribution in [1.29, 1.82) is 0 Å². The quantitative estimate of drug-likeness (QED) is 0.507. The molecule has 0 aliphatic carbocycles. The molecule has 4 rings (SSSR count). The van der Waals surface area contributed by atoms with E-state index in [-0.39, 0.29) is 18.3 Å². The smallest absolute Gasteiger partial charge is 0.262 e. The highest BCUT2D eigenvalue weighted by Gasteiger charge is 2.15. The van der Waals surface area contributed by atoms with Crippen LogP contribution in [0.15, 0.2) is 67.0 Å². The lowest BCUT2D eigenvalue weighted by Gasteiger charge is -2.05. The fourth-order valence-electron chi connectivity index (χ4n) is 3.01. The lowest BCUT2D eigenvalue weighted by Crippen LogP contribution is -2.20. The van der Waals surface area contributed by atoms with Gasteiger partial charge in [-0.15, -0.1) is 5.10 Å². The van der Waals surface area contributed by atoms with Gasteiger partial charge >= 0.3 is 0 Å². The van der Waals surface area contributed by atoms with E-state index in [0.717, 1.165) is 11.1 Å². The molecule has 0 aliphatic rings. The number of pyridine rings is 1. The summed E-state index contributed by atoms with van der Waals surface area (Å²) in [6.45, 7) is 0.211. The molecule has 30 heavy (non-hydrogen) atoms. The van der Waals surface area contributed by atoms with E-state index < -0.39 is 0 Å². The molecule has 0 saturated carbocycles. The second-order valence-electron chi connectivity index (χ2n) is 6.55. The molecular weight excluding hydrogens is 387 g/mol. The number of nitrogens with zero attached hydrogens (tertiary/aromatic N) is 3. The van der Waals surface area contributed by atoms with Gasteiger partial charge in [0.05, 0.1) is 36.4 Å². The first-order valence-corrected chi connectivity index (χ1v) is 9.24. The molecular formula is C22H19FN4O3. The summed E-state index contributed by atoms with van der Waals surface area (Å²) in [6, 6.07) is 15.2. The Hall–Kier alpha value is -3.94. The molecule has 0 saturated heterocycles. The predicted octanol–water partition coefficient (Wildman–Crippen LogP) is 3.64. The van der Waals surface area contributed by atoms with Crippen LogP contribution in [0.3, 0.4) is 0 Å². The van der Waals surface area contributed by atoms with E-state index in [4.69, 9.17) is 9.47 Å². The highest BCUT2D eigenvalue weighted by atomic mass is 19.1. The molecule has 2 aromatic carbocycles. The molecule has 8 heteroatoms. The molecule has 2 aromatic heterocycles. The van der Waals surface area contributed by atoms with Crippen molar-refractivity contribution >= 4 is 22.5 Å². The van der Waals surface area contributed by atoms with Gasteiger partial charge in [-0.1, -0.05) is 12.1 Å². The van der Waals surface area contributed by atoms with Gasteiger partial charge in [0.25, 0.3) is 5.91 Å². The van der Waals surface area contributed by atoms with Gasteiger partial charge in [0.15, 0.2) is 6.61 Å². The molecule has 0 atom stereocenters. The second kappa shape index (κ2) is 8.60. The lowest BCUT2D eigenvalue weighted by atomic mass is 10.2. The van der Waals surface area contributed by atoms with Crippen molar-refractivity contribution in [2.45, 2.75) is 6.54 Å². The Bertz CT molecular complexity index is 1160. The third kappa shape index (κ3) is 4.38. The summed E-state index contributed by atoms with van der Waals surface area (Å²) in [5, 5.41) is 7.94. The molecule has 1 N–H and O–H groups in total. The van der Waals surface area contributed by atoms with E-state index in [1.807, 2.05) is 12.1 Å². The fraction of sp³-hybridized carbons (Fsp3) is 0.136. The normalized spacial score (nSPS) is 10.7. The number of fused-ring (bicyclic) bond motifs is 1. The number of benzene rings is 2. The van der Waals surface area contributed by atoms with E-state index in [1.165, 1.54) is 12.1 Å². The number of hydrogen-bond donors (Lipinski definition) is 1. The summed E-state index contributed by atoms with van der Waals surface area (Å²) >= 11 is 0. The Morgan fingerprint density at radius 3 is 2.73 bits per heavy atom. The highest BCUT2D eigenvalue weighted by molar-refractivity contribution is 5.92. The maximum atomic E-state index is 13.2. The maximum absolute atomic E-state index is 13.2. The number of hydrogen-bond acceptors (Lipinski definition) is 5. The zero-order chi connectivity index (χ0) is 20.9. The van der Waals surface area contributed by atoms with Crippen molar-refractivity contribution < 1.29 is 18.7 Å². The maximum Gasteiger partial charge on any atom is 0.262 e. The van der Waals surface area contributed by atoms with E-state index in [2.05, 4.69) is 15.4 Å². The van der Waals surface area contributed by atoms with Crippen LogP contribution in [0.25, 0.3) is 10.9 Å². The number of nitrogens with one attached hydrogen (secondary N) is 1. The minimum Gasteiger partial charge on any atom is -0.497 e. The summed E-state index contributed by atoms with van der Waals surface area (Å²) in [4.78, 5) is 16.2. The Morgan fingerprint density at radius 2 is 2.00 bits per heavy atom. The summed E-state index contributed by atoms with van der Waals surface area (Å²) in [6.07, 6.45) is 3.18.